The van der Waals surface area contributed by atoms with Gasteiger partial charge in [0.15, 0.2) is 5.96 Å². The molecule has 2 aliphatic heterocycles. The molecule has 0 atom stereocenters. The molecule has 1 aromatic carbocycles. The van der Waals surface area contributed by atoms with Gasteiger partial charge in [-0.25, -0.2) is 0 Å². The van der Waals surface area contributed by atoms with E-state index < -0.39 is 0 Å². The molecule has 0 unspecified atom stereocenters. The number of unbranched alkanes of at least 4 members (excludes halogenated alkanes) is 1. The molecule has 7 nitrogen and oxygen atoms in total. The van der Waals surface area contributed by atoms with Crippen LogP contribution in [0.15, 0.2) is 29.3 Å². The van der Waals surface area contributed by atoms with Gasteiger partial charge in [-0.15, -0.1) is 24.0 Å². The van der Waals surface area contributed by atoms with Crippen molar-refractivity contribution in [2.24, 2.45) is 4.99 Å². The molecular formula is C24H43IN6O. The van der Waals surface area contributed by atoms with Gasteiger partial charge in [0.1, 0.15) is 0 Å². The minimum atomic E-state index is 0. The van der Waals surface area contributed by atoms with Crippen LogP contribution < -0.4 is 10.6 Å². The number of nitrogens with zero attached hydrogens (tertiary/aromatic N) is 4. The van der Waals surface area contributed by atoms with Gasteiger partial charge in [-0.1, -0.05) is 31.2 Å². The van der Waals surface area contributed by atoms with E-state index in [9.17, 15) is 0 Å². The first-order valence-electron chi connectivity index (χ1n) is 12.0. The maximum atomic E-state index is 5.48. The molecule has 32 heavy (non-hydrogen) atoms. The first kappa shape index (κ1) is 27.3. The van der Waals surface area contributed by atoms with Crippen molar-refractivity contribution in [2.45, 2.75) is 32.9 Å². The van der Waals surface area contributed by atoms with E-state index in [4.69, 9.17) is 4.74 Å². The summed E-state index contributed by atoms with van der Waals surface area (Å²) in [5.41, 5.74) is 2.72. The Kier molecular flexibility index (Phi) is 13.5. The average molecular weight is 559 g/mol. The van der Waals surface area contributed by atoms with E-state index in [0.717, 1.165) is 51.9 Å². The number of morpholine rings is 1. The van der Waals surface area contributed by atoms with Gasteiger partial charge < -0.3 is 25.2 Å². The first-order chi connectivity index (χ1) is 15.3. The molecule has 0 amide bonds. The quantitative estimate of drug-likeness (QED) is 0.199. The Morgan fingerprint density at radius 3 is 2.28 bits per heavy atom. The standard InChI is InChI=1S/C24H42N6O.HI/c1-3-28-12-14-29(15-13-28)11-7-6-10-26-24(25-2)27-20-22-8-4-5-9-23(22)21-30-16-18-31-19-17-30;/h4-5,8-9H,3,6-7,10-21H2,1-2H3,(H2,25,26,27);1H. The van der Waals surface area contributed by atoms with E-state index >= 15 is 0 Å². The fourth-order valence-corrected chi connectivity index (χ4v) is 4.28. The molecule has 0 radical (unpaired) electrons. The van der Waals surface area contributed by atoms with Crippen LogP contribution in [0.2, 0.25) is 0 Å². The van der Waals surface area contributed by atoms with Crippen molar-refractivity contribution < 1.29 is 4.74 Å². The fraction of sp³-hybridized carbons (Fsp3) is 0.708. The summed E-state index contributed by atoms with van der Waals surface area (Å²) in [7, 11) is 1.85. The molecule has 0 spiro atoms. The molecule has 1 aromatic rings. The predicted molar refractivity (Wildman–Crippen MR) is 144 cm³/mol. The topological polar surface area (TPSA) is 55.4 Å². The molecular weight excluding hydrogens is 515 g/mol. The van der Waals surface area contributed by atoms with Crippen molar-refractivity contribution in [3.05, 3.63) is 35.4 Å². The Hall–Kier alpha value is -0.940. The van der Waals surface area contributed by atoms with Crippen LogP contribution in [0.1, 0.15) is 30.9 Å². The lowest BCUT2D eigenvalue weighted by molar-refractivity contribution is 0.0341. The Morgan fingerprint density at radius 1 is 0.906 bits per heavy atom. The number of nitrogens with one attached hydrogen (secondary N) is 2. The molecule has 2 heterocycles. The van der Waals surface area contributed by atoms with Crippen molar-refractivity contribution in [3.63, 3.8) is 0 Å². The molecule has 0 aromatic heterocycles. The van der Waals surface area contributed by atoms with Crippen LogP contribution in [0.5, 0.6) is 0 Å². The number of benzene rings is 1. The fourth-order valence-electron chi connectivity index (χ4n) is 4.28. The van der Waals surface area contributed by atoms with Crippen LogP contribution in [-0.2, 0) is 17.8 Å². The highest BCUT2D eigenvalue weighted by Crippen LogP contribution is 2.13. The van der Waals surface area contributed by atoms with Gasteiger partial charge in [0, 0.05) is 66.0 Å². The molecule has 3 rings (SSSR count). The highest BCUT2D eigenvalue weighted by atomic mass is 127. The molecule has 2 aliphatic rings. The molecule has 182 valence electrons. The van der Waals surface area contributed by atoms with E-state index in [1.54, 1.807) is 0 Å². The number of halogens is 1. The summed E-state index contributed by atoms with van der Waals surface area (Å²) in [6, 6.07) is 8.71. The molecule has 8 heteroatoms. The average Bonchev–Trinajstić information content (AvgIpc) is 2.83. The lowest BCUT2D eigenvalue weighted by Crippen LogP contribution is -2.46. The number of guanidine groups is 1. The lowest BCUT2D eigenvalue weighted by Gasteiger charge is -2.34. The number of hydrogen-bond acceptors (Lipinski definition) is 5. The Morgan fingerprint density at radius 2 is 1.59 bits per heavy atom. The summed E-state index contributed by atoms with van der Waals surface area (Å²) in [6.45, 7) is 16.0. The van der Waals surface area contributed by atoms with Crippen molar-refractivity contribution in [2.75, 3.05) is 79.2 Å². The summed E-state index contributed by atoms with van der Waals surface area (Å²) in [5, 5.41) is 6.97. The van der Waals surface area contributed by atoms with E-state index in [1.165, 1.54) is 63.2 Å². The van der Waals surface area contributed by atoms with Crippen LogP contribution in [0.3, 0.4) is 0 Å². The van der Waals surface area contributed by atoms with Crippen LogP contribution in [0, 0.1) is 0 Å². The number of rotatable bonds is 10. The third kappa shape index (κ3) is 9.51. The van der Waals surface area contributed by atoms with Gasteiger partial charge >= 0.3 is 0 Å². The van der Waals surface area contributed by atoms with E-state index in [2.05, 4.69) is 61.5 Å². The SMILES string of the molecule is CCN1CCN(CCCCNC(=NC)NCc2ccccc2CN2CCOCC2)CC1.I. The van der Waals surface area contributed by atoms with Crippen LogP contribution >= 0.6 is 24.0 Å². The number of piperazine rings is 1. The Labute approximate surface area is 212 Å². The highest BCUT2D eigenvalue weighted by molar-refractivity contribution is 14.0. The number of ether oxygens (including phenoxy) is 1. The third-order valence-electron chi connectivity index (χ3n) is 6.39. The van der Waals surface area contributed by atoms with Crippen molar-refractivity contribution in [1.29, 1.82) is 0 Å². The zero-order valence-corrected chi connectivity index (χ0v) is 22.4. The molecule has 0 bridgehead atoms. The zero-order chi connectivity index (χ0) is 21.7. The van der Waals surface area contributed by atoms with Crippen LogP contribution in [-0.4, -0.2) is 99.8 Å². The molecule has 2 N–H and O–H groups in total. The summed E-state index contributed by atoms with van der Waals surface area (Å²) < 4.78 is 5.48. The van der Waals surface area contributed by atoms with Gasteiger partial charge in [-0.2, -0.15) is 0 Å². The number of aliphatic imine (C=N–C) groups is 1. The molecule has 0 saturated carbocycles. The first-order valence-corrected chi connectivity index (χ1v) is 12.0. The normalized spacial score (nSPS) is 18.9. The molecule has 2 saturated heterocycles. The van der Waals surface area contributed by atoms with Gasteiger partial charge in [0.2, 0.25) is 0 Å². The van der Waals surface area contributed by atoms with Crippen LogP contribution in [0.4, 0.5) is 0 Å². The Balaban J connectivity index is 0.00000363. The van der Waals surface area contributed by atoms with E-state index in [1.807, 2.05) is 7.05 Å². The summed E-state index contributed by atoms with van der Waals surface area (Å²) in [4.78, 5) is 12.0. The van der Waals surface area contributed by atoms with Gasteiger partial charge in [0.25, 0.3) is 0 Å². The predicted octanol–water partition coefficient (Wildman–Crippen LogP) is 2.22. The summed E-state index contributed by atoms with van der Waals surface area (Å²) in [5.74, 6) is 0.887. The second-order valence-electron chi connectivity index (χ2n) is 8.49. The number of hydrogen-bond donors (Lipinski definition) is 2. The summed E-state index contributed by atoms with van der Waals surface area (Å²) >= 11 is 0. The van der Waals surface area contributed by atoms with E-state index in [-0.39, 0.29) is 24.0 Å². The second kappa shape index (κ2) is 15.8. The minimum absolute atomic E-state index is 0. The van der Waals surface area contributed by atoms with Crippen LogP contribution in [0.25, 0.3) is 0 Å². The smallest absolute Gasteiger partial charge is 0.191 e. The van der Waals surface area contributed by atoms with Crippen molar-refractivity contribution in [3.8, 4) is 0 Å². The third-order valence-corrected chi connectivity index (χ3v) is 6.39. The molecule has 0 aliphatic carbocycles. The maximum absolute atomic E-state index is 5.48. The van der Waals surface area contributed by atoms with Gasteiger partial charge in [-0.3, -0.25) is 9.89 Å². The minimum Gasteiger partial charge on any atom is -0.379 e. The van der Waals surface area contributed by atoms with Gasteiger partial charge in [-0.05, 0) is 37.1 Å². The lowest BCUT2D eigenvalue weighted by atomic mass is 10.1. The Bertz CT molecular complexity index is 660. The van der Waals surface area contributed by atoms with E-state index in [0.29, 0.717) is 0 Å². The maximum Gasteiger partial charge on any atom is 0.191 e. The van der Waals surface area contributed by atoms with Gasteiger partial charge in [0.05, 0.1) is 13.2 Å². The number of likely N-dealkylation sites (N-methyl/N-ethyl adjacent to an activating group) is 1. The van der Waals surface area contributed by atoms with Crippen molar-refractivity contribution in [1.82, 2.24) is 25.3 Å². The highest BCUT2D eigenvalue weighted by Gasteiger charge is 2.15. The molecule has 2 fully saturated rings. The monoisotopic (exact) mass is 558 g/mol. The second-order valence-corrected chi connectivity index (χ2v) is 8.49. The zero-order valence-electron chi connectivity index (χ0n) is 20.0. The largest absolute Gasteiger partial charge is 0.379 e. The van der Waals surface area contributed by atoms with Crippen molar-refractivity contribution >= 4 is 29.9 Å². The summed E-state index contributed by atoms with van der Waals surface area (Å²) in [6.07, 6.45) is 2.40.